The maximum Gasteiger partial charge on any atom is 0.363 e. The average molecular weight is 451 g/mol. The Morgan fingerprint density at radius 2 is 1.75 bits per heavy atom. The van der Waals surface area contributed by atoms with Crippen LogP contribution in [0, 0.1) is 0 Å². The molecule has 0 aliphatic rings. The molecule has 0 atom stereocenters. The Bertz CT molecular complexity index is 1330. The highest BCUT2D eigenvalue weighted by atomic mass is 35.5. The lowest BCUT2D eigenvalue weighted by Gasteiger charge is -2.13. The fraction of sp³-hybridized carbons (Fsp3) is 0.125. The first-order valence-corrected chi connectivity index (χ1v) is 10.1. The molecule has 4 rings (SSSR count). The number of nitrogens with zero attached hydrogens (tertiary/aromatic N) is 1. The van der Waals surface area contributed by atoms with E-state index in [0.29, 0.717) is 33.0 Å². The third-order valence-corrected chi connectivity index (χ3v) is 5.15. The number of hydrogen-bond acceptors (Lipinski definition) is 6. The summed E-state index contributed by atoms with van der Waals surface area (Å²) in [5.74, 6) is 0.546. The van der Waals surface area contributed by atoms with Gasteiger partial charge in [0.15, 0.2) is 5.52 Å². The maximum atomic E-state index is 13.1. The van der Waals surface area contributed by atoms with Crippen LogP contribution in [0.3, 0.4) is 0 Å². The maximum absolute atomic E-state index is 13.1. The minimum absolute atomic E-state index is 0.104. The Morgan fingerprint density at radius 1 is 1.06 bits per heavy atom. The highest BCUT2D eigenvalue weighted by molar-refractivity contribution is 6.30. The molecule has 0 spiro atoms. The molecule has 0 aliphatic carbocycles. The first kappa shape index (κ1) is 21.4. The zero-order chi connectivity index (χ0) is 22.7. The number of amides is 1. The lowest BCUT2D eigenvalue weighted by Crippen LogP contribution is -2.25. The Morgan fingerprint density at radius 3 is 2.41 bits per heavy atom. The monoisotopic (exact) mass is 450 g/mol. The van der Waals surface area contributed by atoms with E-state index in [4.69, 9.17) is 25.5 Å². The minimum atomic E-state index is -0.688. The number of ether oxygens (including phenoxy) is 2. The molecule has 0 saturated carbocycles. The van der Waals surface area contributed by atoms with Crippen molar-refractivity contribution in [2.45, 2.75) is 6.54 Å². The number of methoxy groups -OCH3 is 2. The molecule has 0 bridgehead atoms. The summed E-state index contributed by atoms with van der Waals surface area (Å²) in [6, 6.07) is 15.6. The summed E-state index contributed by atoms with van der Waals surface area (Å²) in [6.07, 6.45) is 1.50. The SMILES string of the molecule is COc1cc(CNC(=O)c2oc(=O)c3ncccc3c2-c2ccc(Cl)cc2)cc(OC)c1. The normalized spacial score (nSPS) is 10.7. The third-order valence-electron chi connectivity index (χ3n) is 4.90. The van der Waals surface area contributed by atoms with Crippen molar-refractivity contribution >= 4 is 28.4 Å². The second-order valence-corrected chi connectivity index (χ2v) is 7.34. The summed E-state index contributed by atoms with van der Waals surface area (Å²) in [5, 5.41) is 3.86. The van der Waals surface area contributed by atoms with E-state index in [9.17, 15) is 9.59 Å². The van der Waals surface area contributed by atoms with Gasteiger partial charge in [-0.15, -0.1) is 0 Å². The van der Waals surface area contributed by atoms with Crippen LogP contribution in [0.1, 0.15) is 16.1 Å². The number of pyridine rings is 1. The van der Waals surface area contributed by atoms with Crippen LogP contribution < -0.4 is 20.4 Å². The van der Waals surface area contributed by atoms with Gasteiger partial charge in [-0.05, 0) is 41.5 Å². The van der Waals surface area contributed by atoms with Crippen molar-refractivity contribution in [2.75, 3.05) is 14.2 Å². The van der Waals surface area contributed by atoms with E-state index in [2.05, 4.69) is 10.3 Å². The molecule has 0 saturated heterocycles. The van der Waals surface area contributed by atoms with Gasteiger partial charge in [0, 0.05) is 34.8 Å². The van der Waals surface area contributed by atoms with Gasteiger partial charge in [0.05, 0.1) is 14.2 Å². The van der Waals surface area contributed by atoms with Crippen LogP contribution in [0.5, 0.6) is 11.5 Å². The molecule has 2 aromatic heterocycles. The Balaban J connectivity index is 1.75. The first-order chi connectivity index (χ1) is 15.5. The molecular formula is C24H19ClN2O5. The van der Waals surface area contributed by atoms with Gasteiger partial charge in [-0.1, -0.05) is 29.8 Å². The van der Waals surface area contributed by atoms with Gasteiger partial charge in [-0.25, -0.2) is 9.78 Å². The van der Waals surface area contributed by atoms with E-state index in [-0.39, 0.29) is 17.8 Å². The van der Waals surface area contributed by atoms with Crippen LogP contribution >= 0.6 is 11.6 Å². The number of aromatic nitrogens is 1. The topological polar surface area (TPSA) is 90.7 Å². The molecule has 4 aromatic rings. The molecule has 7 nitrogen and oxygen atoms in total. The number of rotatable bonds is 6. The van der Waals surface area contributed by atoms with E-state index in [1.165, 1.54) is 6.20 Å². The smallest absolute Gasteiger partial charge is 0.363 e. The number of hydrogen-bond donors (Lipinski definition) is 1. The van der Waals surface area contributed by atoms with Gasteiger partial charge in [-0.3, -0.25) is 4.79 Å². The number of fused-ring (bicyclic) bond motifs is 1. The molecule has 32 heavy (non-hydrogen) atoms. The average Bonchev–Trinajstić information content (AvgIpc) is 2.83. The summed E-state index contributed by atoms with van der Waals surface area (Å²) < 4.78 is 16.0. The van der Waals surface area contributed by atoms with E-state index in [0.717, 1.165) is 5.56 Å². The highest BCUT2D eigenvalue weighted by Crippen LogP contribution is 2.31. The number of carbonyl (C=O) groups is 1. The minimum Gasteiger partial charge on any atom is -0.497 e. The van der Waals surface area contributed by atoms with Crippen LogP contribution in [-0.2, 0) is 6.54 Å². The predicted octanol–water partition coefficient (Wildman–Crippen LogP) is 4.46. The molecule has 0 radical (unpaired) electrons. The predicted molar refractivity (Wildman–Crippen MR) is 121 cm³/mol. The van der Waals surface area contributed by atoms with E-state index in [1.54, 1.807) is 68.8 Å². The van der Waals surface area contributed by atoms with Crippen molar-refractivity contribution < 1.29 is 18.7 Å². The van der Waals surface area contributed by atoms with Crippen molar-refractivity contribution in [1.29, 1.82) is 0 Å². The molecule has 2 aromatic carbocycles. The largest absolute Gasteiger partial charge is 0.497 e. The number of carbonyl (C=O) groups excluding carboxylic acids is 1. The lowest BCUT2D eigenvalue weighted by molar-refractivity contribution is 0.0920. The number of halogens is 1. The zero-order valence-electron chi connectivity index (χ0n) is 17.3. The Hall–Kier alpha value is -3.84. The molecule has 1 amide bonds. The molecule has 0 unspecified atom stereocenters. The summed E-state index contributed by atoms with van der Waals surface area (Å²) in [5.41, 5.74) is 1.35. The quantitative estimate of drug-likeness (QED) is 0.466. The third kappa shape index (κ3) is 4.29. The van der Waals surface area contributed by atoms with E-state index >= 15 is 0 Å². The lowest BCUT2D eigenvalue weighted by atomic mass is 10.00. The van der Waals surface area contributed by atoms with Gasteiger partial charge >= 0.3 is 5.63 Å². The van der Waals surface area contributed by atoms with Crippen molar-refractivity contribution in [2.24, 2.45) is 0 Å². The van der Waals surface area contributed by atoms with Gasteiger partial charge in [0.25, 0.3) is 5.91 Å². The summed E-state index contributed by atoms with van der Waals surface area (Å²) in [7, 11) is 3.10. The summed E-state index contributed by atoms with van der Waals surface area (Å²) in [4.78, 5) is 29.8. The van der Waals surface area contributed by atoms with Crippen LogP contribution in [0.4, 0.5) is 0 Å². The fourth-order valence-electron chi connectivity index (χ4n) is 3.38. The van der Waals surface area contributed by atoms with Gasteiger partial charge < -0.3 is 19.2 Å². The molecule has 162 valence electrons. The highest BCUT2D eigenvalue weighted by Gasteiger charge is 2.22. The second-order valence-electron chi connectivity index (χ2n) is 6.90. The van der Waals surface area contributed by atoms with Crippen molar-refractivity contribution in [1.82, 2.24) is 10.3 Å². The Labute approximate surface area is 188 Å². The molecule has 0 fully saturated rings. The second kappa shape index (κ2) is 9.11. The van der Waals surface area contributed by atoms with Gasteiger partial charge in [0.1, 0.15) is 11.5 Å². The van der Waals surface area contributed by atoms with Gasteiger partial charge in [-0.2, -0.15) is 0 Å². The van der Waals surface area contributed by atoms with Crippen LogP contribution in [-0.4, -0.2) is 25.1 Å². The van der Waals surface area contributed by atoms with Gasteiger partial charge in [0.2, 0.25) is 5.76 Å². The zero-order valence-corrected chi connectivity index (χ0v) is 18.1. The van der Waals surface area contributed by atoms with Crippen LogP contribution in [0.25, 0.3) is 22.0 Å². The molecule has 8 heteroatoms. The standard InChI is InChI=1S/C24H19ClN2O5/c1-30-17-10-14(11-18(12-17)31-2)13-27-23(28)22-20(15-5-7-16(25)8-6-15)19-4-3-9-26-21(19)24(29)32-22/h3-12H,13H2,1-2H3,(H,27,28). The van der Waals surface area contributed by atoms with Crippen molar-refractivity contribution in [3.63, 3.8) is 0 Å². The fourth-order valence-corrected chi connectivity index (χ4v) is 3.50. The number of benzene rings is 2. The van der Waals surface area contributed by atoms with Crippen molar-refractivity contribution in [3.05, 3.63) is 87.6 Å². The summed E-state index contributed by atoms with van der Waals surface area (Å²) >= 11 is 6.03. The molecule has 2 heterocycles. The number of nitrogens with one attached hydrogen (secondary N) is 1. The first-order valence-electron chi connectivity index (χ1n) is 9.68. The van der Waals surface area contributed by atoms with Crippen molar-refractivity contribution in [3.8, 4) is 22.6 Å². The van der Waals surface area contributed by atoms with Crippen LogP contribution in [0.2, 0.25) is 5.02 Å². The van der Waals surface area contributed by atoms with E-state index in [1.807, 2.05) is 0 Å². The molecule has 1 N–H and O–H groups in total. The summed E-state index contributed by atoms with van der Waals surface area (Å²) in [6.45, 7) is 0.168. The van der Waals surface area contributed by atoms with Crippen LogP contribution in [0.15, 0.2) is 70.0 Å². The Kier molecular flexibility index (Phi) is 6.09. The van der Waals surface area contributed by atoms with E-state index < -0.39 is 11.5 Å². The molecule has 0 aliphatic heterocycles. The molecular weight excluding hydrogens is 432 g/mol.